The molecule has 0 amide bonds. The molecule has 3 heteroatoms. The van der Waals surface area contributed by atoms with Crippen molar-refractivity contribution < 1.29 is 13.5 Å². The second-order valence-electron chi connectivity index (χ2n) is 10.5. The molecule has 2 fully saturated rings. The Hall–Kier alpha value is -1.90. The van der Waals surface area contributed by atoms with Crippen LogP contribution in [-0.2, 0) is 0 Å². The first-order chi connectivity index (χ1) is 16.1. The Labute approximate surface area is 198 Å². The average molecular weight is 455 g/mol. The Morgan fingerprint density at radius 1 is 0.788 bits per heavy atom. The first-order valence-corrected chi connectivity index (χ1v) is 13.2. The lowest BCUT2D eigenvalue weighted by Crippen LogP contribution is -2.30. The lowest BCUT2D eigenvalue weighted by atomic mass is 9.63. The van der Waals surface area contributed by atoms with Crippen molar-refractivity contribution in [3.63, 3.8) is 0 Å². The monoisotopic (exact) mass is 454 g/mol. The van der Waals surface area contributed by atoms with Gasteiger partial charge in [0, 0.05) is 0 Å². The van der Waals surface area contributed by atoms with E-state index >= 15 is 0 Å². The number of unbranched alkanes of at least 4 members (excludes halogenated alkanes) is 4. The molecule has 0 aromatic heterocycles. The van der Waals surface area contributed by atoms with Crippen LogP contribution in [0.2, 0.25) is 0 Å². The number of hydrogen-bond acceptors (Lipinski definition) is 1. The predicted molar refractivity (Wildman–Crippen MR) is 133 cm³/mol. The molecular weight excluding hydrogens is 414 g/mol. The van der Waals surface area contributed by atoms with Gasteiger partial charge in [-0.1, -0.05) is 76.1 Å². The van der Waals surface area contributed by atoms with Gasteiger partial charge in [0.1, 0.15) is 0 Å². The van der Waals surface area contributed by atoms with E-state index in [9.17, 15) is 8.78 Å². The molecule has 2 aromatic rings. The summed E-state index contributed by atoms with van der Waals surface area (Å²) in [7, 11) is 1.28. The summed E-state index contributed by atoms with van der Waals surface area (Å²) in [5.41, 5.74) is 2.77. The standard InChI is InChI=1S/C30H40F2O/c1-3-4-5-6-7-8-21-9-10-26-18-25(16-15-24(26)17-21)22-11-13-23(14-12-22)27-19-28(31)30(33-2)29(32)20-27/h11-14,19-21,24-26H,3-10,15-18H2,1-2H3/t21?,24-,25-,26-/m1/s1. The molecule has 33 heavy (non-hydrogen) atoms. The van der Waals surface area contributed by atoms with Gasteiger partial charge in [-0.05, 0) is 84.6 Å². The fourth-order valence-electron chi connectivity index (χ4n) is 6.46. The van der Waals surface area contributed by atoms with E-state index in [-0.39, 0.29) is 5.75 Å². The Balaban J connectivity index is 1.31. The lowest BCUT2D eigenvalue weighted by molar-refractivity contribution is 0.113. The molecule has 0 spiro atoms. The molecule has 1 nitrogen and oxygen atoms in total. The molecule has 2 aliphatic carbocycles. The van der Waals surface area contributed by atoms with Crippen molar-refractivity contribution in [1.29, 1.82) is 0 Å². The Kier molecular flexibility index (Phi) is 8.44. The lowest BCUT2D eigenvalue weighted by Gasteiger charge is -2.42. The maximum Gasteiger partial charge on any atom is 0.190 e. The summed E-state index contributed by atoms with van der Waals surface area (Å²) in [4.78, 5) is 0. The molecule has 4 rings (SSSR count). The summed E-state index contributed by atoms with van der Waals surface area (Å²) >= 11 is 0. The highest BCUT2D eigenvalue weighted by molar-refractivity contribution is 5.65. The van der Waals surface area contributed by atoms with Crippen molar-refractivity contribution in [2.45, 2.75) is 89.9 Å². The Morgan fingerprint density at radius 3 is 2.15 bits per heavy atom. The van der Waals surface area contributed by atoms with Gasteiger partial charge in [-0.25, -0.2) is 8.78 Å². The van der Waals surface area contributed by atoms with Crippen molar-refractivity contribution in [2.24, 2.45) is 17.8 Å². The average Bonchev–Trinajstić information content (AvgIpc) is 2.83. The first kappa shape index (κ1) is 24.2. The summed E-state index contributed by atoms with van der Waals surface area (Å²) < 4.78 is 33.0. The fraction of sp³-hybridized carbons (Fsp3) is 0.600. The van der Waals surface area contributed by atoms with Crippen LogP contribution in [-0.4, -0.2) is 7.11 Å². The molecule has 2 saturated carbocycles. The molecule has 2 aromatic carbocycles. The van der Waals surface area contributed by atoms with E-state index in [1.807, 2.05) is 12.1 Å². The van der Waals surface area contributed by atoms with E-state index in [0.29, 0.717) is 11.5 Å². The number of rotatable bonds is 9. The van der Waals surface area contributed by atoms with Crippen molar-refractivity contribution in [1.82, 2.24) is 0 Å². The quantitative estimate of drug-likeness (QED) is 0.343. The number of ether oxygens (including phenoxy) is 1. The molecular formula is C30H40F2O. The number of fused-ring (bicyclic) bond motifs is 1. The summed E-state index contributed by atoms with van der Waals surface area (Å²) in [6.07, 6.45) is 16.7. The highest BCUT2D eigenvalue weighted by Crippen LogP contribution is 2.48. The maximum absolute atomic E-state index is 14.1. The van der Waals surface area contributed by atoms with Gasteiger partial charge in [-0.15, -0.1) is 0 Å². The van der Waals surface area contributed by atoms with E-state index in [2.05, 4.69) is 19.1 Å². The molecule has 0 heterocycles. The number of methoxy groups -OCH3 is 1. The minimum Gasteiger partial charge on any atom is -0.491 e. The molecule has 0 N–H and O–H groups in total. The molecule has 2 aliphatic rings. The molecule has 0 radical (unpaired) electrons. The van der Waals surface area contributed by atoms with Gasteiger partial charge in [0.25, 0.3) is 0 Å². The number of hydrogen-bond donors (Lipinski definition) is 0. The van der Waals surface area contributed by atoms with Gasteiger partial charge in [0.05, 0.1) is 7.11 Å². The van der Waals surface area contributed by atoms with Crippen molar-refractivity contribution in [3.05, 3.63) is 53.6 Å². The van der Waals surface area contributed by atoms with Crippen LogP contribution in [0.4, 0.5) is 8.78 Å². The molecule has 1 unspecified atom stereocenters. The minimum absolute atomic E-state index is 0.321. The topological polar surface area (TPSA) is 9.23 Å². The zero-order valence-electron chi connectivity index (χ0n) is 20.4. The van der Waals surface area contributed by atoms with Gasteiger partial charge in [-0.2, -0.15) is 0 Å². The third-order valence-electron chi connectivity index (χ3n) is 8.36. The molecule has 4 atom stereocenters. The third kappa shape index (κ3) is 5.97. The van der Waals surface area contributed by atoms with Gasteiger partial charge in [0.15, 0.2) is 17.4 Å². The normalized spacial score (nSPS) is 25.0. The zero-order chi connectivity index (χ0) is 23.2. The second kappa shape index (κ2) is 11.5. The molecule has 0 bridgehead atoms. The highest BCUT2D eigenvalue weighted by Gasteiger charge is 2.35. The fourth-order valence-corrected chi connectivity index (χ4v) is 6.46. The zero-order valence-corrected chi connectivity index (χ0v) is 20.4. The summed E-state index contributed by atoms with van der Waals surface area (Å²) in [6.45, 7) is 2.29. The predicted octanol–water partition coefficient (Wildman–Crippen LogP) is 9.30. The molecule has 180 valence electrons. The Bertz CT molecular complexity index is 868. The van der Waals surface area contributed by atoms with Crippen LogP contribution >= 0.6 is 0 Å². The van der Waals surface area contributed by atoms with E-state index < -0.39 is 11.6 Å². The summed E-state index contributed by atoms with van der Waals surface area (Å²) in [5, 5.41) is 0. The van der Waals surface area contributed by atoms with Crippen LogP contribution in [0.15, 0.2) is 36.4 Å². The smallest absolute Gasteiger partial charge is 0.190 e. The summed E-state index contributed by atoms with van der Waals surface area (Å²) in [5.74, 6) is 1.75. The van der Waals surface area contributed by atoms with E-state index in [0.717, 1.165) is 23.3 Å². The first-order valence-electron chi connectivity index (χ1n) is 13.2. The third-order valence-corrected chi connectivity index (χ3v) is 8.36. The van der Waals surface area contributed by atoms with Crippen LogP contribution in [0.5, 0.6) is 5.75 Å². The second-order valence-corrected chi connectivity index (χ2v) is 10.5. The van der Waals surface area contributed by atoms with E-state index in [4.69, 9.17) is 4.74 Å². The largest absolute Gasteiger partial charge is 0.491 e. The van der Waals surface area contributed by atoms with Crippen LogP contribution in [0.3, 0.4) is 0 Å². The SMILES string of the molecule is CCCCCCCC1CC[C@@H]2C[C@H](c3ccc(-c4cc(F)c(OC)c(F)c4)cc3)CC[C@@H]2C1. The van der Waals surface area contributed by atoms with Crippen molar-refractivity contribution in [3.8, 4) is 16.9 Å². The van der Waals surface area contributed by atoms with E-state index in [1.165, 1.54) is 102 Å². The number of benzene rings is 2. The van der Waals surface area contributed by atoms with Gasteiger partial charge in [0.2, 0.25) is 0 Å². The van der Waals surface area contributed by atoms with Gasteiger partial charge >= 0.3 is 0 Å². The van der Waals surface area contributed by atoms with Gasteiger partial charge < -0.3 is 4.74 Å². The minimum atomic E-state index is -0.661. The van der Waals surface area contributed by atoms with Gasteiger partial charge in [-0.3, -0.25) is 0 Å². The van der Waals surface area contributed by atoms with Crippen LogP contribution in [0, 0.1) is 29.4 Å². The maximum atomic E-state index is 14.1. The van der Waals surface area contributed by atoms with E-state index in [1.54, 1.807) is 0 Å². The highest BCUT2D eigenvalue weighted by atomic mass is 19.1. The van der Waals surface area contributed by atoms with Crippen molar-refractivity contribution in [2.75, 3.05) is 7.11 Å². The summed E-state index contributed by atoms with van der Waals surface area (Å²) in [6, 6.07) is 11.1. The Morgan fingerprint density at radius 2 is 1.45 bits per heavy atom. The molecule has 0 saturated heterocycles. The van der Waals surface area contributed by atoms with Crippen LogP contribution in [0.25, 0.3) is 11.1 Å². The number of halogens is 2. The van der Waals surface area contributed by atoms with Crippen LogP contribution < -0.4 is 4.74 Å². The molecule has 0 aliphatic heterocycles. The van der Waals surface area contributed by atoms with Crippen molar-refractivity contribution >= 4 is 0 Å². The van der Waals surface area contributed by atoms with Crippen LogP contribution in [0.1, 0.15) is 95.5 Å².